The van der Waals surface area contributed by atoms with Crippen molar-refractivity contribution in [3.8, 4) is 0 Å². The molecule has 0 unspecified atom stereocenters. The molecule has 16 heavy (non-hydrogen) atoms. The highest BCUT2D eigenvalue weighted by atomic mass is 16.2. The molecule has 0 fully saturated rings. The number of amides is 1. The molecule has 1 aromatic heterocycles. The number of nitrogens with one attached hydrogen (secondary N) is 3. The lowest BCUT2D eigenvalue weighted by Gasteiger charge is -2.07. The fourth-order valence-electron chi connectivity index (χ4n) is 1.17. The van der Waals surface area contributed by atoms with Crippen molar-refractivity contribution in [1.82, 2.24) is 25.8 Å². The second kappa shape index (κ2) is 6.22. The van der Waals surface area contributed by atoms with Gasteiger partial charge in [0.25, 0.3) is 5.91 Å². The first-order valence-electron chi connectivity index (χ1n) is 5.56. The van der Waals surface area contributed by atoms with E-state index in [1.165, 1.54) is 0 Å². The zero-order valence-electron chi connectivity index (χ0n) is 10.0. The Morgan fingerprint density at radius 1 is 1.44 bits per heavy atom. The van der Waals surface area contributed by atoms with Gasteiger partial charge in [0.15, 0.2) is 0 Å². The van der Waals surface area contributed by atoms with Gasteiger partial charge in [0, 0.05) is 25.6 Å². The van der Waals surface area contributed by atoms with E-state index in [1.54, 1.807) is 0 Å². The topological polar surface area (TPSA) is 82.7 Å². The van der Waals surface area contributed by atoms with Gasteiger partial charge in [0.05, 0.1) is 0 Å². The third-order valence-electron chi connectivity index (χ3n) is 2.03. The molecule has 1 aromatic rings. The molecule has 1 rings (SSSR count). The molecule has 0 bridgehead atoms. The van der Waals surface area contributed by atoms with E-state index in [1.807, 2.05) is 6.92 Å². The number of aromatic nitrogens is 3. The summed E-state index contributed by atoms with van der Waals surface area (Å²) in [4.78, 5) is 15.6. The monoisotopic (exact) mass is 225 g/mol. The number of aromatic amines is 1. The van der Waals surface area contributed by atoms with Crippen LogP contribution < -0.4 is 10.6 Å². The molecular weight excluding hydrogens is 206 g/mol. The Balaban J connectivity index is 2.29. The highest BCUT2D eigenvalue weighted by Gasteiger charge is 2.10. The minimum atomic E-state index is -0.235. The average molecular weight is 225 g/mol. The molecule has 0 aromatic carbocycles. The quantitative estimate of drug-likeness (QED) is 0.599. The Bertz CT molecular complexity index is 334. The number of hydrogen-bond acceptors (Lipinski definition) is 4. The Labute approximate surface area is 95.2 Å². The van der Waals surface area contributed by atoms with E-state index in [4.69, 9.17) is 0 Å². The Morgan fingerprint density at radius 3 is 2.75 bits per heavy atom. The van der Waals surface area contributed by atoms with Gasteiger partial charge < -0.3 is 10.6 Å². The number of carbonyl (C=O) groups excluding carboxylic acids is 1. The lowest BCUT2D eigenvalue weighted by Crippen LogP contribution is -2.35. The number of nitrogens with zero attached hydrogens (tertiary/aromatic N) is 2. The van der Waals surface area contributed by atoms with E-state index in [0.29, 0.717) is 12.6 Å². The third kappa shape index (κ3) is 3.98. The normalized spacial score (nSPS) is 10.8. The first-order chi connectivity index (χ1) is 7.63. The average Bonchev–Trinajstić information content (AvgIpc) is 2.72. The van der Waals surface area contributed by atoms with Crippen LogP contribution in [0.3, 0.4) is 0 Å². The van der Waals surface area contributed by atoms with E-state index in [-0.39, 0.29) is 11.7 Å². The van der Waals surface area contributed by atoms with Crippen LogP contribution in [-0.4, -0.2) is 40.2 Å². The largest absolute Gasteiger partial charge is 0.348 e. The molecule has 0 atom stereocenters. The maximum absolute atomic E-state index is 11.5. The Kier molecular flexibility index (Phi) is 4.91. The standard InChI is InChI=1S/C10H19N5O/c1-4-8-13-9(15-14-8)10(16)12-6-5-11-7(2)3/h7,11H,4-6H2,1-3H3,(H,12,16)(H,13,14,15). The van der Waals surface area contributed by atoms with Crippen molar-refractivity contribution in [2.45, 2.75) is 33.2 Å². The van der Waals surface area contributed by atoms with Crippen LogP contribution in [0.2, 0.25) is 0 Å². The molecule has 0 aliphatic heterocycles. The van der Waals surface area contributed by atoms with Gasteiger partial charge in [-0.15, -0.1) is 5.10 Å². The van der Waals surface area contributed by atoms with Crippen molar-refractivity contribution in [2.75, 3.05) is 13.1 Å². The molecule has 0 saturated carbocycles. The van der Waals surface area contributed by atoms with Crippen LogP contribution in [0.25, 0.3) is 0 Å². The summed E-state index contributed by atoms with van der Waals surface area (Å²) >= 11 is 0. The van der Waals surface area contributed by atoms with Crippen LogP contribution in [0.1, 0.15) is 37.2 Å². The minimum Gasteiger partial charge on any atom is -0.348 e. The van der Waals surface area contributed by atoms with Crippen LogP contribution >= 0.6 is 0 Å². The SMILES string of the molecule is CCc1nc(C(=O)NCCNC(C)C)n[nH]1. The van der Waals surface area contributed by atoms with E-state index in [9.17, 15) is 4.79 Å². The first-order valence-corrected chi connectivity index (χ1v) is 5.56. The number of H-pyrrole nitrogens is 1. The van der Waals surface area contributed by atoms with Crippen LogP contribution in [0.5, 0.6) is 0 Å². The molecule has 3 N–H and O–H groups in total. The maximum atomic E-state index is 11.5. The molecule has 1 amide bonds. The maximum Gasteiger partial charge on any atom is 0.291 e. The van der Waals surface area contributed by atoms with Crippen molar-refractivity contribution in [1.29, 1.82) is 0 Å². The van der Waals surface area contributed by atoms with Crippen LogP contribution in [-0.2, 0) is 6.42 Å². The Hall–Kier alpha value is -1.43. The van der Waals surface area contributed by atoms with E-state index >= 15 is 0 Å². The van der Waals surface area contributed by atoms with Crippen LogP contribution in [0.4, 0.5) is 0 Å². The molecule has 6 heteroatoms. The van der Waals surface area contributed by atoms with Gasteiger partial charge >= 0.3 is 0 Å². The summed E-state index contributed by atoms with van der Waals surface area (Å²) in [6.07, 6.45) is 0.745. The predicted molar refractivity (Wildman–Crippen MR) is 61.2 cm³/mol. The molecule has 0 saturated heterocycles. The zero-order chi connectivity index (χ0) is 12.0. The molecule has 0 radical (unpaired) electrons. The van der Waals surface area contributed by atoms with Crippen molar-refractivity contribution in [3.63, 3.8) is 0 Å². The van der Waals surface area contributed by atoms with Gasteiger partial charge in [-0.05, 0) is 0 Å². The highest BCUT2D eigenvalue weighted by Crippen LogP contribution is 1.92. The fraction of sp³-hybridized carbons (Fsp3) is 0.700. The van der Waals surface area contributed by atoms with E-state index in [0.717, 1.165) is 18.8 Å². The summed E-state index contributed by atoms with van der Waals surface area (Å²) in [5, 5.41) is 12.5. The number of carbonyl (C=O) groups is 1. The fourth-order valence-corrected chi connectivity index (χ4v) is 1.17. The predicted octanol–water partition coefficient (Wildman–Crippen LogP) is 0.0949. The zero-order valence-corrected chi connectivity index (χ0v) is 10.0. The summed E-state index contributed by atoms with van der Waals surface area (Å²) in [6.45, 7) is 7.39. The van der Waals surface area contributed by atoms with E-state index < -0.39 is 0 Å². The lowest BCUT2D eigenvalue weighted by molar-refractivity contribution is 0.0943. The molecule has 0 spiro atoms. The van der Waals surface area contributed by atoms with Gasteiger partial charge in [0.1, 0.15) is 5.82 Å². The number of hydrogen-bond donors (Lipinski definition) is 3. The highest BCUT2D eigenvalue weighted by molar-refractivity contribution is 5.90. The van der Waals surface area contributed by atoms with Gasteiger partial charge in [-0.2, -0.15) is 0 Å². The van der Waals surface area contributed by atoms with E-state index in [2.05, 4.69) is 39.7 Å². The van der Waals surface area contributed by atoms with Crippen LogP contribution in [0.15, 0.2) is 0 Å². The third-order valence-corrected chi connectivity index (χ3v) is 2.03. The van der Waals surface area contributed by atoms with Crippen molar-refractivity contribution < 1.29 is 4.79 Å². The molecule has 90 valence electrons. The van der Waals surface area contributed by atoms with Crippen molar-refractivity contribution >= 4 is 5.91 Å². The number of aryl methyl sites for hydroxylation is 1. The van der Waals surface area contributed by atoms with Crippen molar-refractivity contribution in [2.24, 2.45) is 0 Å². The summed E-state index contributed by atoms with van der Waals surface area (Å²) in [6, 6.07) is 0.423. The van der Waals surface area contributed by atoms with Gasteiger partial charge in [0.2, 0.25) is 5.82 Å². The summed E-state index contributed by atoms with van der Waals surface area (Å²) in [5.41, 5.74) is 0. The summed E-state index contributed by atoms with van der Waals surface area (Å²) < 4.78 is 0. The summed E-state index contributed by atoms with van der Waals surface area (Å²) in [5.74, 6) is 0.702. The molecule has 0 aliphatic carbocycles. The van der Waals surface area contributed by atoms with Gasteiger partial charge in [-0.1, -0.05) is 20.8 Å². The second-order valence-electron chi connectivity index (χ2n) is 3.82. The lowest BCUT2D eigenvalue weighted by atomic mass is 10.4. The smallest absolute Gasteiger partial charge is 0.291 e. The molecule has 6 nitrogen and oxygen atoms in total. The molecular formula is C10H19N5O. The van der Waals surface area contributed by atoms with Gasteiger partial charge in [-0.25, -0.2) is 4.98 Å². The van der Waals surface area contributed by atoms with Gasteiger partial charge in [-0.3, -0.25) is 9.89 Å². The molecule has 1 heterocycles. The molecule has 0 aliphatic rings. The Morgan fingerprint density at radius 2 is 2.19 bits per heavy atom. The first kappa shape index (κ1) is 12.6. The van der Waals surface area contributed by atoms with Crippen LogP contribution in [0, 0.1) is 0 Å². The number of rotatable bonds is 6. The second-order valence-corrected chi connectivity index (χ2v) is 3.82. The van der Waals surface area contributed by atoms with Crippen molar-refractivity contribution in [3.05, 3.63) is 11.6 Å². The minimum absolute atomic E-state index is 0.210. The summed E-state index contributed by atoms with van der Waals surface area (Å²) in [7, 11) is 0.